The topological polar surface area (TPSA) is 94.9 Å². The highest BCUT2D eigenvalue weighted by molar-refractivity contribution is 5.88. The molecule has 1 atom stereocenters. The fraction of sp³-hybridized carbons (Fsp3) is 0.167. The van der Waals surface area contributed by atoms with Crippen LogP contribution >= 0.6 is 0 Å². The van der Waals surface area contributed by atoms with Crippen molar-refractivity contribution in [3.63, 3.8) is 0 Å². The van der Waals surface area contributed by atoms with Gasteiger partial charge in [0.05, 0.1) is 14.2 Å². The summed E-state index contributed by atoms with van der Waals surface area (Å²) in [6, 6.07) is 15.1. The van der Waals surface area contributed by atoms with Crippen molar-refractivity contribution in [1.29, 1.82) is 0 Å². The number of para-hydroxylation sites is 1. The molecule has 0 spiro atoms. The zero-order chi connectivity index (χ0) is 17.2. The monoisotopic (exact) mass is 324 g/mol. The molecule has 5 N–H and O–H groups in total. The molecule has 3 rings (SSSR count). The summed E-state index contributed by atoms with van der Waals surface area (Å²) in [7, 11) is 3.23. The van der Waals surface area contributed by atoms with Gasteiger partial charge in [-0.1, -0.05) is 30.3 Å². The van der Waals surface area contributed by atoms with Crippen LogP contribution in [-0.2, 0) is 5.66 Å². The van der Waals surface area contributed by atoms with E-state index in [-0.39, 0.29) is 5.96 Å². The molecule has 24 heavy (non-hydrogen) atoms. The van der Waals surface area contributed by atoms with Gasteiger partial charge in [-0.05, 0) is 23.8 Å². The van der Waals surface area contributed by atoms with Gasteiger partial charge in [0.15, 0.2) is 11.6 Å². The summed E-state index contributed by atoms with van der Waals surface area (Å²) in [5.41, 5.74) is 13.9. The number of aliphatic imine (C=N–C) groups is 1. The number of nitrogens with zero attached hydrogens (tertiary/aromatic N) is 1. The number of methoxy groups -OCH3 is 2. The van der Waals surface area contributed by atoms with Crippen LogP contribution in [0.2, 0.25) is 0 Å². The average Bonchev–Trinajstić information content (AvgIpc) is 2.62. The van der Waals surface area contributed by atoms with Gasteiger partial charge in [0.25, 0.3) is 0 Å². The molecule has 0 radical (unpaired) electrons. The molecule has 6 heteroatoms. The van der Waals surface area contributed by atoms with E-state index < -0.39 is 5.66 Å². The molecule has 6 nitrogen and oxygen atoms in total. The van der Waals surface area contributed by atoms with Crippen LogP contribution in [0.15, 0.2) is 59.7 Å². The Morgan fingerprint density at radius 2 is 1.71 bits per heavy atom. The lowest BCUT2D eigenvalue weighted by molar-refractivity contribution is 0.399. The quantitative estimate of drug-likeness (QED) is 0.797. The second kappa shape index (κ2) is 6.25. The maximum absolute atomic E-state index is 6.71. The molecule has 2 aromatic rings. The minimum absolute atomic E-state index is 0.251. The van der Waals surface area contributed by atoms with Gasteiger partial charge in [0.2, 0.25) is 0 Å². The molecular weight excluding hydrogens is 304 g/mol. The van der Waals surface area contributed by atoms with Gasteiger partial charge in [-0.3, -0.25) is 5.73 Å². The van der Waals surface area contributed by atoms with Crippen LogP contribution in [-0.4, -0.2) is 20.2 Å². The summed E-state index contributed by atoms with van der Waals surface area (Å²) in [6.07, 6.45) is 1.77. The van der Waals surface area contributed by atoms with Crippen molar-refractivity contribution in [2.24, 2.45) is 16.5 Å². The minimum Gasteiger partial charge on any atom is -0.497 e. The van der Waals surface area contributed by atoms with Crippen molar-refractivity contribution in [2.45, 2.75) is 5.66 Å². The second-order valence-electron chi connectivity index (χ2n) is 5.39. The largest absolute Gasteiger partial charge is 0.497 e. The molecule has 0 bridgehead atoms. The average molecular weight is 324 g/mol. The van der Waals surface area contributed by atoms with Gasteiger partial charge in [-0.15, -0.1) is 0 Å². The van der Waals surface area contributed by atoms with Gasteiger partial charge in [0, 0.05) is 17.3 Å². The standard InChI is InChI=1S/C18H20N4O2/c1-23-13-9-7-12(8-10-13)15-11-21-17(19)22-18(15,20)14-5-3-4-6-16(14)24-2/h3-11H,20H2,1-2H3,(H3,19,21,22). The van der Waals surface area contributed by atoms with Crippen LogP contribution in [0.4, 0.5) is 0 Å². The van der Waals surface area contributed by atoms with E-state index in [9.17, 15) is 0 Å². The van der Waals surface area contributed by atoms with Crippen LogP contribution < -0.4 is 26.3 Å². The zero-order valence-electron chi connectivity index (χ0n) is 13.6. The molecule has 0 amide bonds. The molecule has 0 fully saturated rings. The van der Waals surface area contributed by atoms with Gasteiger partial charge >= 0.3 is 0 Å². The Morgan fingerprint density at radius 1 is 1.00 bits per heavy atom. The normalized spacial score (nSPS) is 19.8. The van der Waals surface area contributed by atoms with Crippen LogP contribution in [0.25, 0.3) is 5.57 Å². The van der Waals surface area contributed by atoms with Crippen LogP contribution in [0.1, 0.15) is 11.1 Å². The second-order valence-corrected chi connectivity index (χ2v) is 5.39. The van der Waals surface area contributed by atoms with Crippen LogP contribution in [0.5, 0.6) is 11.5 Å². The SMILES string of the molecule is COc1ccc(C2=CNC(N)=NC2(N)c2ccccc2OC)cc1. The fourth-order valence-corrected chi connectivity index (χ4v) is 2.78. The Kier molecular flexibility index (Phi) is 4.14. The van der Waals surface area contributed by atoms with E-state index in [1.807, 2.05) is 48.5 Å². The highest BCUT2D eigenvalue weighted by atomic mass is 16.5. The first-order valence-corrected chi connectivity index (χ1v) is 7.48. The molecule has 2 aromatic carbocycles. The molecule has 0 aromatic heterocycles. The number of hydrogen-bond donors (Lipinski definition) is 3. The van der Waals surface area contributed by atoms with Gasteiger partial charge in [-0.2, -0.15) is 0 Å². The van der Waals surface area contributed by atoms with E-state index in [4.69, 9.17) is 20.9 Å². The molecular formula is C18H20N4O2. The number of benzene rings is 2. The Hall–Kier alpha value is -2.99. The number of hydrogen-bond acceptors (Lipinski definition) is 6. The molecule has 0 aliphatic carbocycles. The smallest absolute Gasteiger partial charge is 0.195 e. The van der Waals surface area contributed by atoms with Crippen molar-refractivity contribution >= 4 is 11.5 Å². The number of ether oxygens (including phenoxy) is 2. The summed E-state index contributed by atoms with van der Waals surface area (Å²) < 4.78 is 10.7. The Labute approximate surface area is 140 Å². The van der Waals surface area contributed by atoms with Gasteiger partial charge in [0.1, 0.15) is 11.5 Å². The highest BCUT2D eigenvalue weighted by Gasteiger charge is 2.37. The number of nitrogens with one attached hydrogen (secondary N) is 1. The van der Waals surface area contributed by atoms with Crippen LogP contribution in [0.3, 0.4) is 0 Å². The first-order chi connectivity index (χ1) is 11.6. The third kappa shape index (κ3) is 2.68. The number of rotatable bonds is 4. The van der Waals surface area contributed by atoms with E-state index in [1.165, 1.54) is 0 Å². The number of guanidine groups is 1. The first kappa shape index (κ1) is 15.9. The third-order valence-corrected chi connectivity index (χ3v) is 3.99. The van der Waals surface area contributed by atoms with Crippen molar-refractivity contribution in [3.8, 4) is 11.5 Å². The van der Waals surface area contributed by atoms with Gasteiger partial charge < -0.3 is 20.5 Å². The van der Waals surface area contributed by atoms with Crippen LogP contribution in [0, 0.1) is 0 Å². The summed E-state index contributed by atoms with van der Waals surface area (Å²) >= 11 is 0. The Bertz CT molecular complexity index is 799. The lowest BCUT2D eigenvalue weighted by atomic mass is 9.86. The molecule has 0 saturated carbocycles. The summed E-state index contributed by atoms with van der Waals surface area (Å²) in [5, 5.41) is 2.94. The van der Waals surface area contributed by atoms with Crippen molar-refractivity contribution in [1.82, 2.24) is 5.32 Å². The van der Waals surface area contributed by atoms with E-state index in [2.05, 4.69) is 10.3 Å². The highest BCUT2D eigenvalue weighted by Crippen LogP contribution is 2.40. The van der Waals surface area contributed by atoms with E-state index in [0.29, 0.717) is 5.75 Å². The van der Waals surface area contributed by atoms with E-state index in [0.717, 1.165) is 22.4 Å². The molecule has 1 aliphatic rings. The summed E-state index contributed by atoms with van der Waals surface area (Å²) in [4.78, 5) is 4.47. The molecule has 124 valence electrons. The summed E-state index contributed by atoms with van der Waals surface area (Å²) in [6.45, 7) is 0. The molecule has 1 aliphatic heterocycles. The predicted octanol–water partition coefficient (Wildman–Crippen LogP) is 1.77. The predicted molar refractivity (Wildman–Crippen MR) is 94.6 cm³/mol. The Balaban J connectivity index is 2.13. The number of nitrogens with two attached hydrogens (primary N) is 2. The van der Waals surface area contributed by atoms with Crippen molar-refractivity contribution < 1.29 is 9.47 Å². The molecule has 1 heterocycles. The fourth-order valence-electron chi connectivity index (χ4n) is 2.78. The van der Waals surface area contributed by atoms with Gasteiger partial charge in [-0.25, -0.2) is 4.99 Å². The Morgan fingerprint density at radius 3 is 2.38 bits per heavy atom. The third-order valence-electron chi connectivity index (χ3n) is 3.99. The maximum Gasteiger partial charge on any atom is 0.195 e. The van der Waals surface area contributed by atoms with Crippen molar-refractivity contribution in [2.75, 3.05) is 14.2 Å². The molecule has 0 saturated heterocycles. The molecule has 1 unspecified atom stereocenters. The summed E-state index contributed by atoms with van der Waals surface area (Å²) in [5.74, 6) is 1.67. The maximum atomic E-state index is 6.71. The lowest BCUT2D eigenvalue weighted by Crippen LogP contribution is -2.45. The zero-order valence-corrected chi connectivity index (χ0v) is 13.6. The first-order valence-electron chi connectivity index (χ1n) is 7.48. The van der Waals surface area contributed by atoms with E-state index in [1.54, 1.807) is 20.4 Å². The van der Waals surface area contributed by atoms with E-state index >= 15 is 0 Å². The minimum atomic E-state index is -1.16. The van der Waals surface area contributed by atoms with Crippen molar-refractivity contribution in [3.05, 3.63) is 65.9 Å². The lowest BCUT2D eigenvalue weighted by Gasteiger charge is -2.33.